The van der Waals surface area contributed by atoms with Crippen LogP contribution >= 0.6 is 11.8 Å². The second-order valence-corrected chi connectivity index (χ2v) is 11.1. The van der Waals surface area contributed by atoms with Crippen LogP contribution in [-0.4, -0.2) is 5.11 Å². The smallest absolute Gasteiger partial charge is 0.123 e. The fraction of sp³-hybridized carbons (Fsp3) is 0.312. The van der Waals surface area contributed by atoms with Gasteiger partial charge in [-0.25, -0.2) is 0 Å². The molecule has 1 N–H and O–H groups in total. The van der Waals surface area contributed by atoms with E-state index in [9.17, 15) is 5.11 Å². The summed E-state index contributed by atoms with van der Waals surface area (Å²) < 4.78 is 0. The molecule has 0 radical (unpaired) electrons. The fourth-order valence-corrected chi connectivity index (χ4v) is 7.14. The third-order valence-corrected chi connectivity index (χ3v) is 8.88. The summed E-state index contributed by atoms with van der Waals surface area (Å²) in [6, 6.07) is 22.1. The van der Waals surface area contributed by atoms with E-state index in [1.54, 1.807) is 0 Å². The average Bonchev–Trinajstić information content (AvgIpc) is 3.06. The van der Waals surface area contributed by atoms with E-state index < -0.39 is 0 Å². The molecule has 0 saturated carbocycles. The lowest BCUT2D eigenvalue weighted by Gasteiger charge is -2.32. The maximum absolute atomic E-state index is 11.1. The van der Waals surface area contributed by atoms with Crippen molar-refractivity contribution in [2.45, 2.75) is 75.5 Å². The zero-order chi connectivity index (χ0) is 24.0. The van der Waals surface area contributed by atoms with E-state index in [0.29, 0.717) is 5.75 Å². The van der Waals surface area contributed by atoms with E-state index in [1.165, 1.54) is 54.1 Å². The van der Waals surface area contributed by atoms with E-state index in [4.69, 9.17) is 0 Å². The first-order valence-electron chi connectivity index (χ1n) is 12.6. The van der Waals surface area contributed by atoms with E-state index in [-0.39, 0.29) is 5.41 Å². The van der Waals surface area contributed by atoms with Crippen LogP contribution in [0.2, 0.25) is 0 Å². The zero-order valence-corrected chi connectivity index (χ0v) is 21.8. The second kappa shape index (κ2) is 8.82. The Labute approximate surface area is 208 Å². The first-order chi connectivity index (χ1) is 16.4. The van der Waals surface area contributed by atoms with Crippen molar-refractivity contribution in [3.05, 3.63) is 88.5 Å². The summed E-state index contributed by atoms with van der Waals surface area (Å²) in [5, 5.41) is 13.2. The van der Waals surface area contributed by atoms with Gasteiger partial charge in [-0.3, -0.25) is 0 Å². The molecule has 4 aromatic carbocycles. The van der Waals surface area contributed by atoms with E-state index in [0.717, 1.165) is 31.1 Å². The van der Waals surface area contributed by atoms with E-state index >= 15 is 0 Å². The van der Waals surface area contributed by atoms with Crippen molar-refractivity contribution in [3.63, 3.8) is 0 Å². The molecule has 0 spiro atoms. The zero-order valence-electron chi connectivity index (χ0n) is 21.0. The van der Waals surface area contributed by atoms with E-state index in [1.807, 2.05) is 11.8 Å². The molecule has 0 amide bonds. The molecule has 0 aromatic heterocycles. The predicted molar refractivity (Wildman–Crippen MR) is 146 cm³/mol. The van der Waals surface area contributed by atoms with Gasteiger partial charge >= 0.3 is 0 Å². The SMILES string of the molecule is CCCC1(CCC)c2cc(Sc3c(C)cccc3C)ccc2-c2c1cc(O)c1ccc(C)cc21. The topological polar surface area (TPSA) is 20.2 Å². The first-order valence-corrected chi connectivity index (χ1v) is 13.4. The van der Waals surface area contributed by atoms with Gasteiger partial charge in [0.05, 0.1) is 0 Å². The molecular formula is C32H34OS. The van der Waals surface area contributed by atoms with Crippen molar-refractivity contribution in [1.82, 2.24) is 0 Å². The van der Waals surface area contributed by atoms with Gasteiger partial charge < -0.3 is 5.11 Å². The van der Waals surface area contributed by atoms with Crippen molar-refractivity contribution in [2.75, 3.05) is 0 Å². The lowest BCUT2D eigenvalue weighted by atomic mass is 9.71. The van der Waals surface area contributed by atoms with Gasteiger partial charge in [-0.15, -0.1) is 0 Å². The van der Waals surface area contributed by atoms with Gasteiger partial charge in [0.1, 0.15) is 5.75 Å². The molecular weight excluding hydrogens is 432 g/mol. The number of phenols is 1. The Morgan fingerprint density at radius 3 is 2.15 bits per heavy atom. The number of aryl methyl sites for hydroxylation is 3. The Hall–Kier alpha value is -2.71. The summed E-state index contributed by atoms with van der Waals surface area (Å²) in [7, 11) is 0. The first kappa shape index (κ1) is 23.1. The van der Waals surface area contributed by atoms with Gasteiger partial charge in [0.25, 0.3) is 0 Å². The minimum Gasteiger partial charge on any atom is -0.507 e. The third-order valence-electron chi connectivity index (χ3n) is 7.54. The number of fused-ring (bicyclic) bond motifs is 5. The van der Waals surface area contributed by atoms with Crippen LogP contribution in [0.15, 0.2) is 70.5 Å². The summed E-state index contributed by atoms with van der Waals surface area (Å²) in [4.78, 5) is 2.65. The van der Waals surface area contributed by atoms with E-state index in [2.05, 4.69) is 95.3 Å². The highest BCUT2D eigenvalue weighted by Gasteiger charge is 2.43. The number of hydrogen-bond acceptors (Lipinski definition) is 2. The summed E-state index contributed by atoms with van der Waals surface area (Å²) in [5.41, 5.74) is 9.26. The summed E-state index contributed by atoms with van der Waals surface area (Å²) >= 11 is 1.88. The van der Waals surface area contributed by atoms with Crippen molar-refractivity contribution in [2.24, 2.45) is 0 Å². The molecule has 0 unspecified atom stereocenters. The van der Waals surface area contributed by atoms with Crippen LogP contribution in [-0.2, 0) is 5.41 Å². The molecule has 2 heteroatoms. The van der Waals surface area contributed by atoms with Gasteiger partial charge in [0, 0.05) is 20.6 Å². The van der Waals surface area contributed by atoms with Crippen LogP contribution in [0.25, 0.3) is 21.9 Å². The lowest BCUT2D eigenvalue weighted by molar-refractivity contribution is 0.430. The van der Waals surface area contributed by atoms with Crippen LogP contribution in [0.3, 0.4) is 0 Å². The van der Waals surface area contributed by atoms with Crippen molar-refractivity contribution in [3.8, 4) is 16.9 Å². The molecule has 1 aliphatic rings. The standard InChI is InChI=1S/C32H34OS/c1-6-15-32(16-7-2)27-18-23(34-31-21(4)9-8-10-22(31)5)12-14-25(27)30-26-17-20(3)11-13-24(26)29(33)19-28(30)32/h8-14,17-19,33H,6-7,15-16H2,1-5H3. The summed E-state index contributed by atoms with van der Waals surface area (Å²) in [6.07, 6.45) is 4.41. The lowest BCUT2D eigenvalue weighted by Crippen LogP contribution is -2.25. The maximum atomic E-state index is 11.1. The largest absolute Gasteiger partial charge is 0.507 e. The fourth-order valence-electron chi connectivity index (χ4n) is 6.13. The Morgan fingerprint density at radius 2 is 1.47 bits per heavy atom. The molecule has 1 nitrogen and oxygen atoms in total. The molecule has 0 heterocycles. The van der Waals surface area contributed by atoms with Crippen molar-refractivity contribution in [1.29, 1.82) is 0 Å². The molecule has 5 rings (SSSR count). The molecule has 1 aliphatic carbocycles. The summed E-state index contributed by atoms with van der Waals surface area (Å²) in [5.74, 6) is 0.406. The van der Waals surface area contributed by atoms with Gasteiger partial charge in [0.15, 0.2) is 0 Å². The number of phenolic OH excluding ortho intramolecular Hbond substituents is 1. The molecule has 174 valence electrons. The van der Waals surface area contributed by atoms with Gasteiger partial charge in [-0.2, -0.15) is 0 Å². The number of aromatic hydroxyl groups is 1. The van der Waals surface area contributed by atoms with Crippen LogP contribution in [0.1, 0.15) is 67.3 Å². The maximum Gasteiger partial charge on any atom is 0.123 e. The number of rotatable bonds is 6. The highest BCUT2D eigenvalue weighted by atomic mass is 32.2. The van der Waals surface area contributed by atoms with Crippen LogP contribution in [0.5, 0.6) is 5.75 Å². The quantitative estimate of drug-likeness (QED) is 0.305. The summed E-state index contributed by atoms with van der Waals surface area (Å²) in [6.45, 7) is 11.1. The molecule has 0 atom stereocenters. The normalized spacial score (nSPS) is 13.8. The van der Waals surface area contributed by atoms with Crippen LogP contribution in [0, 0.1) is 20.8 Å². The highest BCUT2D eigenvalue weighted by molar-refractivity contribution is 7.99. The highest BCUT2D eigenvalue weighted by Crippen LogP contribution is 2.57. The molecule has 4 aromatic rings. The molecule has 0 saturated heterocycles. The monoisotopic (exact) mass is 466 g/mol. The molecule has 0 fully saturated rings. The van der Waals surface area contributed by atoms with Crippen LogP contribution < -0.4 is 0 Å². The average molecular weight is 467 g/mol. The Kier molecular flexibility index (Phi) is 5.98. The number of benzene rings is 4. The third kappa shape index (κ3) is 3.55. The molecule has 0 bridgehead atoms. The Bertz CT molecular complexity index is 1370. The van der Waals surface area contributed by atoms with Crippen molar-refractivity contribution >= 4 is 22.5 Å². The van der Waals surface area contributed by atoms with Crippen LogP contribution in [0.4, 0.5) is 0 Å². The molecule has 34 heavy (non-hydrogen) atoms. The Balaban J connectivity index is 1.77. The van der Waals surface area contributed by atoms with Crippen molar-refractivity contribution < 1.29 is 5.11 Å². The predicted octanol–water partition coefficient (Wildman–Crippen LogP) is 9.49. The minimum atomic E-state index is -0.0546. The second-order valence-electron chi connectivity index (χ2n) is 9.98. The Morgan fingerprint density at radius 1 is 0.765 bits per heavy atom. The number of hydrogen-bond donors (Lipinski definition) is 1. The van der Waals surface area contributed by atoms with Gasteiger partial charge in [0.2, 0.25) is 0 Å². The minimum absolute atomic E-state index is 0.0546. The molecule has 0 aliphatic heterocycles. The van der Waals surface area contributed by atoms with Gasteiger partial charge in [-0.05, 0) is 90.6 Å². The van der Waals surface area contributed by atoms with Gasteiger partial charge in [-0.1, -0.05) is 86.5 Å².